The van der Waals surface area contributed by atoms with E-state index in [1.807, 2.05) is 38.1 Å². The van der Waals surface area contributed by atoms with Gasteiger partial charge in [-0.3, -0.25) is 0 Å². The average molecular weight is 315 g/mol. The van der Waals surface area contributed by atoms with E-state index in [1.165, 1.54) is 17.3 Å². The normalized spacial score (nSPS) is 25.2. The molecule has 0 radical (unpaired) electrons. The van der Waals surface area contributed by atoms with E-state index in [0.717, 1.165) is 4.90 Å². The van der Waals surface area contributed by atoms with E-state index in [0.29, 0.717) is 10.7 Å². The van der Waals surface area contributed by atoms with Gasteiger partial charge < -0.3 is 5.32 Å². The first-order valence-electron chi connectivity index (χ1n) is 6.06. The van der Waals surface area contributed by atoms with Gasteiger partial charge >= 0.3 is 0 Å². The van der Waals surface area contributed by atoms with Crippen molar-refractivity contribution in [2.75, 3.05) is 11.5 Å². The maximum absolute atomic E-state index is 11.6. The molecular weight excluding hydrogens is 298 g/mol. The summed E-state index contributed by atoms with van der Waals surface area (Å²) in [7, 11) is -2.91. The summed E-state index contributed by atoms with van der Waals surface area (Å²) in [5, 5.41) is 3.20. The van der Waals surface area contributed by atoms with Crippen molar-refractivity contribution in [2.45, 2.75) is 30.7 Å². The minimum atomic E-state index is -2.91. The van der Waals surface area contributed by atoms with E-state index in [2.05, 4.69) is 5.32 Å². The molecule has 0 amide bonds. The molecule has 1 aromatic rings. The Bertz CT molecular complexity index is 598. The predicted molar refractivity (Wildman–Crippen MR) is 84.4 cm³/mol. The standard InChI is InChI=1S/C13H17NO2S3/c1-10-5-3-4-6-11(10)18-12(17)14-13(2)7-8-19(15,16)9-13/h3-6H,7-9H2,1-2H3,(H,14,17). The Morgan fingerprint density at radius 3 is 2.68 bits per heavy atom. The highest BCUT2D eigenvalue weighted by molar-refractivity contribution is 8.23. The van der Waals surface area contributed by atoms with Gasteiger partial charge in [0.2, 0.25) is 0 Å². The predicted octanol–water partition coefficient (Wildman–Crippen LogP) is 2.54. The SMILES string of the molecule is Cc1ccccc1SC(=S)NC1(C)CCS(=O)(=O)C1. The Morgan fingerprint density at radius 2 is 2.11 bits per heavy atom. The van der Waals surface area contributed by atoms with Crippen molar-refractivity contribution in [1.29, 1.82) is 0 Å². The van der Waals surface area contributed by atoms with Crippen LogP contribution in [0, 0.1) is 6.92 Å². The summed E-state index contributed by atoms with van der Waals surface area (Å²) < 4.78 is 23.7. The molecule has 1 unspecified atom stereocenters. The molecule has 1 aliphatic heterocycles. The molecule has 1 heterocycles. The zero-order valence-electron chi connectivity index (χ0n) is 11.0. The van der Waals surface area contributed by atoms with Crippen LogP contribution in [-0.4, -0.2) is 29.8 Å². The first-order valence-corrected chi connectivity index (χ1v) is 9.10. The van der Waals surface area contributed by atoms with Crippen LogP contribution in [-0.2, 0) is 9.84 Å². The number of sulfone groups is 1. The molecule has 104 valence electrons. The number of hydrogen-bond donors (Lipinski definition) is 1. The summed E-state index contributed by atoms with van der Waals surface area (Å²) in [4.78, 5) is 1.10. The van der Waals surface area contributed by atoms with Gasteiger partial charge in [-0.15, -0.1) is 0 Å². The maximum atomic E-state index is 11.6. The molecule has 0 bridgehead atoms. The Balaban J connectivity index is 2.01. The van der Waals surface area contributed by atoms with Crippen LogP contribution in [0.1, 0.15) is 18.9 Å². The zero-order valence-corrected chi connectivity index (χ0v) is 13.4. The van der Waals surface area contributed by atoms with E-state index in [1.54, 1.807) is 0 Å². The first kappa shape index (κ1) is 14.8. The Kier molecular flexibility index (Phi) is 4.23. The topological polar surface area (TPSA) is 46.2 Å². The second-order valence-electron chi connectivity index (χ2n) is 5.18. The van der Waals surface area contributed by atoms with Crippen LogP contribution >= 0.6 is 24.0 Å². The molecule has 3 nitrogen and oxygen atoms in total. The molecule has 1 aromatic carbocycles. The second-order valence-corrected chi connectivity index (χ2v) is 9.09. The van der Waals surface area contributed by atoms with Crippen molar-refractivity contribution < 1.29 is 8.42 Å². The number of aryl methyl sites for hydroxylation is 1. The molecule has 19 heavy (non-hydrogen) atoms. The molecule has 0 saturated carbocycles. The fourth-order valence-corrected chi connectivity index (χ4v) is 5.63. The van der Waals surface area contributed by atoms with Gasteiger partial charge in [0.1, 0.15) is 4.32 Å². The van der Waals surface area contributed by atoms with Gasteiger partial charge in [0.15, 0.2) is 9.84 Å². The molecule has 1 atom stereocenters. The van der Waals surface area contributed by atoms with Crippen molar-refractivity contribution in [3.8, 4) is 0 Å². The van der Waals surface area contributed by atoms with E-state index in [4.69, 9.17) is 12.2 Å². The van der Waals surface area contributed by atoms with Crippen molar-refractivity contribution in [1.82, 2.24) is 5.32 Å². The van der Waals surface area contributed by atoms with Crippen LogP contribution < -0.4 is 5.32 Å². The molecule has 1 fully saturated rings. The minimum Gasteiger partial charge on any atom is -0.364 e. The summed E-state index contributed by atoms with van der Waals surface area (Å²) in [6.07, 6.45) is 0.615. The number of nitrogens with one attached hydrogen (secondary N) is 1. The quantitative estimate of drug-likeness (QED) is 0.671. The van der Waals surface area contributed by atoms with Crippen LogP contribution in [0.25, 0.3) is 0 Å². The lowest BCUT2D eigenvalue weighted by Gasteiger charge is -2.25. The van der Waals surface area contributed by atoms with Crippen molar-refractivity contribution in [3.05, 3.63) is 29.8 Å². The Morgan fingerprint density at radius 1 is 1.42 bits per heavy atom. The third-order valence-corrected chi connectivity index (χ3v) is 6.42. The van der Waals surface area contributed by atoms with E-state index in [-0.39, 0.29) is 11.5 Å². The highest BCUT2D eigenvalue weighted by atomic mass is 32.2. The molecule has 0 spiro atoms. The van der Waals surface area contributed by atoms with Gasteiger partial charge in [0.25, 0.3) is 0 Å². The number of thiocarbonyl (C=S) groups is 1. The van der Waals surface area contributed by atoms with E-state index >= 15 is 0 Å². The summed E-state index contributed by atoms with van der Waals surface area (Å²) in [6, 6.07) is 8.01. The fourth-order valence-electron chi connectivity index (χ4n) is 2.15. The van der Waals surface area contributed by atoms with Crippen LogP contribution in [0.4, 0.5) is 0 Å². The van der Waals surface area contributed by atoms with E-state index in [9.17, 15) is 8.42 Å². The van der Waals surface area contributed by atoms with Crippen LogP contribution in [0.3, 0.4) is 0 Å². The fraction of sp³-hybridized carbons (Fsp3) is 0.462. The lowest BCUT2D eigenvalue weighted by molar-refractivity contribution is 0.477. The number of rotatable bonds is 2. The molecule has 6 heteroatoms. The first-order chi connectivity index (χ1) is 8.80. The van der Waals surface area contributed by atoms with Gasteiger partial charge in [-0.05, 0) is 31.9 Å². The van der Waals surface area contributed by atoms with Crippen molar-refractivity contribution >= 4 is 38.1 Å². The molecular formula is C13H17NO2S3. The van der Waals surface area contributed by atoms with Gasteiger partial charge in [-0.1, -0.05) is 42.2 Å². The summed E-state index contributed by atoms with van der Waals surface area (Å²) >= 11 is 6.82. The Hall–Kier alpha value is -0.590. The smallest absolute Gasteiger partial charge is 0.152 e. The van der Waals surface area contributed by atoms with Gasteiger partial charge in [-0.2, -0.15) is 0 Å². The molecule has 0 aliphatic carbocycles. The van der Waals surface area contributed by atoms with Crippen LogP contribution in [0.5, 0.6) is 0 Å². The van der Waals surface area contributed by atoms with Gasteiger partial charge in [0.05, 0.1) is 17.0 Å². The van der Waals surface area contributed by atoms with Gasteiger partial charge in [0, 0.05) is 4.90 Å². The summed E-state index contributed by atoms with van der Waals surface area (Å²) in [5.41, 5.74) is 0.742. The number of benzene rings is 1. The lowest BCUT2D eigenvalue weighted by atomic mass is 10.0. The molecule has 1 saturated heterocycles. The Labute approximate surface area is 124 Å². The van der Waals surface area contributed by atoms with Crippen LogP contribution in [0.15, 0.2) is 29.2 Å². The largest absolute Gasteiger partial charge is 0.364 e. The maximum Gasteiger partial charge on any atom is 0.152 e. The second kappa shape index (κ2) is 5.42. The van der Waals surface area contributed by atoms with Gasteiger partial charge in [-0.25, -0.2) is 8.42 Å². The lowest BCUT2D eigenvalue weighted by Crippen LogP contribution is -2.45. The van der Waals surface area contributed by atoms with E-state index < -0.39 is 15.4 Å². The minimum absolute atomic E-state index is 0.161. The molecule has 1 aliphatic rings. The monoisotopic (exact) mass is 315 g/mol. The average Bonchev–Trinajstić information content (AvgIpc) is 2.56. The molecule has 2 rings (SSSR count). The zero-order chi connectivity index (χ0) is 14.1. The highest BCUT2D eigenvalue weighted by Crippen LogP contribution is 2.27. The highest BCUT2D eigenvalue weighted by Gasteiger charge is 2.38. The number of hydrogen-bond acceptors (Lipinski definition) is 4. The molecule has 1 N–H and O–H groups in total. The van der Waals surface area contributed by atoms with Crippen LogP contribution in [0.2, 0.25) is 0 Å². The molecule has 0 aromatic heterocycles. The number of thioether (sulfide) groups is 1. The van der Waals surface area contributed by atoms with Crippen molar-refractivity contribution in [2.24, 2.45) is 0 Å². The third kappa shape index (κ3) is 3.94. The summed E-state index contributed by atoms with van der Waals surface area (Å²) in [5.74, 6) is 0.405. The third-order valence-electron chi connectivity index (χ3n) is 3.20. The summed E-state index contributed by atoms with van der Waals surface area (Å²) in [6.45, 7) is 3.95. The van der Waals surface area contributed by atoms with Crippen molar-refractivity contribution in [3.63, 3.8) is 0 Å².